The number of rotatable bonds is 4. The molecule has 16 heavy (non-hydrogen) atoms. The van der Waals surface area contributed by atoms with E-state index < -0.39 is 18.4 Å². The van der Waals surface area contributed by atoms with E-state index in [2.05, 4.69) is 0 Å². The average molecular weight is 227 g/mol. The number of hydrogen-bond donors (Lipinski definition) is 1. The van der Waals surface area contributed by atoms with Crippen molar-refractivity contribution in [3.63, 3.8) is 0 Å². The summed E-state index contributed by atoms with van der Waals surface area (Å²) in [6.45, 7) is 2.38. The van der Waals surface area contributed by atoms with E-state index in [0.29, 0.717) is 11.1 Å². The van der Waals surface area contributed by atoms with Crippen LogP contribution in [0.3, 0.4) is 0 Å². The number of hydrogen-bond acceptors (Lipinski definition) is 2. The van der Waals surface area contributed by atoms with Gasteiger partial charge in [0.2, 0.25) is 5.92 Å². The summed E-state index contributed by atoms with van der Waals surface area (Å²) >= 11 is 0. The van der Waals surface area contributed by atoms with Crippen LogP contribution in [0.15, 0.2) is 24.3 Å². The van der Waals surface area contributed by atoms with Gasteiger partial charge in [-0.2, -0.15) is 0 Å². The van der Waals surface area contributed by atoms with Gasteiger partial charge in [-0.3, -0.25) is 4.79 Å². The third kappa shape index (κ3) is 3.38. The van der Waals surface area contributed by atoms with Gasteiger partial charge in [-0.25, -0.2) is 8.78 Å². The second-order valence-corrected chi connectivity index (χ2v) is 4.06. The summed E-state index contributed by atoms with van der Waals surface area (Å²) in [5, 5.41) is 0. The van der Waals surface area contributed by atoms with Crippen molar-refractivity contribution in [2.24, 2.45) is 5.73 Å². The molecule has 0 spiro atoms. The summed E-state index contributed by atoms with van der Waals surface area (Å²) in [5.41, 5.74) is 6.10. The monoisotopic (exact) mass is 227 g/mol. The van der Waals surface area contributed by atoms with Crippen LogP contribution in [-0.4, -0.2) is 17.7 Å². The van der Waals surface area contributed by atoms with E-state index in [4.69, 9.17) is 5.73 Å². The van der Waals surface area contributed by atoms with Crippen LogP contribution < -0.4 is 5.73 Å². The molecule has 1 atom stereocenters. The van der Waals surface area contributed by atoms with E-state index >= 15 is 0 Å². The molecule has 2 nitrogen and oxygen atoms in total. The summed E-state index contributed by atoms with van der Waals surface area (Å²) in [6.07, 6.45) is -0.443. The second-order valence-electron chi connectivity index (χ2n) is 4.06. The Kier molecular flexibility index (Phi) is 3.75. The molecule has 1 unspecified atom stereocenters. The minimum absolute atomic E-state index is 0.291. The molecule has 0 radical (unpaired) electrons. The third-order valence-corrected chi connectivity index (χ3v) is 2.20. The third-order valence-electron chi connectivity index (χ3n) is 2.20. The second kappa shape index (κ2) is 4.70. The van der Waals surface area contributed by atoms with Crippen molar-refractivity contribution < 1.29 is 13.6 Å². The van der Waals surface area contributed by atoms with Gasteiger partial charge >= 0.3 is 0 Å². The fourth-order valence-corrected chi connectivity index (χ4v) is 1.49. The molecule has 0 bridgehead atoms. The molecule has 0 amide bonds. The lowest BCUT2D eigenvalue weighted by Gasteiger charge is -2.14. The zero-order valence-corrected chi connectivity index (χ0v) is 9.34. The Morgan fingerprint density at radius 2 is 2.00 bits per heavy atom. The first-order chi connectivity index (χ1) is 7.31. The molecule has 0 aromatic heterocycles. The van der Waals surface area contributed by atoms with Gasteiger partial charge < -0.3 is 5.73 Å². The first kappa shape index (κ1) is 12.8. The number of carbonyl (C=O) groups excluding carboxylic acids is 1. The number of carbonyl (C=O) groups is 1. The predicted molar refractivity (Wildman–Crippen MR) is 58.7 cm³/mol. The van der Waals surface area contributed by atoms with E-state index in [1.54, 1.807) is 19.1 Å². The van der Waals surface area contributed by atoms with Crippen LogP contribution >= 0.6 is 0 Å². The Balaban J connectivity index is 3.06. The molecule has 0 aliphatic carbocycles. The largest absolute Gasteiger partial charge is 0.321 e. The van der Waals surface area contributed by atoms with Crippen molar-refractivity contribution in [2.75, 3.05) is 0 Å². The smallest absolute Gasteiger partial charge is 0.249 e. The van der Waals surface area contributed by atoms with Crippen molar-refractivity contribution in [2.45, 2.75) is 32.2 Å². The number of halogens is 2. The Bertz CT molecular complexity index is 383. The average Bonchev–Trinajstić information content (AvgIpc) is 2.15. The van der Waals surface area contributed by atoms with Gasteiger partial charge in [-0.1, -0.05) is 24.3 Å². The molecule has 2 N–H and O–H groups in total. The maximum atomic E-state index is 12.9. The highest BCUT2D eigenvalue weighted by molar-refractivity contribution is 6.00. The normalized spacial score (nSPS) is 13.6. The lowest BCUT2D eigenvalue weighted by atomic mass is 9.96. The first-order valence-corrected chi connectivity index (χ1v) is 5.07. The minimum Gasteiger partial charge on any atom is -0.321 e. The molecular weight excluding hydrogens is 212 g/mol. The molecule has 88 valence electrons. The fraction of sp³-hybridized carbons (Fsp3) is 0.417. The summed E-state index contributed by atoms with van der Waals surface area (Å²) in [4.78, 5) is 11.7. The van der Waals surface area contributed by atoms with Crippen LogP contribution in [0, 0.1) is 0 Å². The van der Waals surface area contributed by atoms with Gasteiger partial charge in [0.05, 0.1) is 6.04 Å². The quantitative estimate of drug-likeness (QED) is 0.803. The number of Topliss-reactive ketones (excluding diaryl/α,β-unsaturated/α-hetero) is 1. The van der Waals surface area contributed by atoms with E-state index in [0.717, 1.165) is 6.92 Å². The molecule has 0 aliphatic heterocycles. The van der Waals surface area contributed by atoms with E-state index in [-0.39, 0.29) is 5.78 Å². The maximum absolute atomic E-state index is 12.9. The lowest BCUT2D eigenvalue weighted by Crippen LogP contribution is -2.28. The number of benzene rings is 1. The molecule has 0 fully saturated rings. The molecule has 1 aromatic carbocycles. The maximum Gasteiger partial charge on any atom is 0.249 e. The number of ketones is 1. The van der Waals surface area contributed by atoms with Crippen molar-refractivity contribution in [3.8, 4) is 0 Å². The summed E-state index contributed by atoms with van der Waals surface area (Å²) in [6, 6.07) is 5.68. The zero-order chi connectivity index (χ0) is 12.3. The van der Waals surface area contributed by atoms with Crippen molar-refractivity contribution >= 4 is 5.78 Å². The molecule has 0 heterocycles. The molecular formula is C12H15F2NO. The van der Waals surface area contributed by atoms with Crippen LogP contribution in [0.2, 0.25) is 0 Å². The van der Waals surface area contributed by atoms with Gasteiger partial charge in [-0.05, 0) is 19.4 Å². The van der Waals surface area contributed by atoms with E-state index in [1.807, 2.05) is 0 Å². The van der Waals surface area contributed by atoms with Crippen LogP contribution in [0.5, 0.6) is 0 Å². The topological polar surface area (TPSA) is 43.1 Å². The van der Waals surface area contributed by atoms with Gasteiger partial charge in [0.1, 0.15) is 0 Å². The Hall–Kier alpha value is -1.29. The highest BCUT2D eigenvalue weighted by Crippen LogP contribution is 2.22. The lowest BCUT2D eigenvalue weighted by molar-refractivity contribution is 0.0225. The van der Waals surface area contributed by atoms with Crippen molar-refractivity contribution in [3.05, 3.63) is 35.4 Å². The molecule has 1 aromatic rings. The minimum atomic E-state index is -2.83. The van der Waals surface area contributed by atoms with Crippen molar-refractivity contribution in [1.29, 1.82) is 0 Å². The van der Waals surface area contributed by atoms with Crippen LogP contribution in [0.4, 0.5) is 8.78 Å². The van der Waals surface area contributed by atoms with Crippen LogP contribution in [-0.2, 0) is 6.42 Å². The first-order valence-electron chi connectivity index (χ1n) is 5.07. The Morgan fingerprint density at radius 1 is 1.44 bits per heavy atom. The summed E-state index contributed by atoms with van der Waals surface area (Å²) in [5.74, 6) is -3.13. The molecule has 1 rings (SSSR count). The predicted octanol–water partition coefficient (Wildman–Crippen LogP) is 2.41. The molecule has 0 aliphatic rings. The number of nitrogens with two attached hydrogens (primary N) is 1. The standard InChI is InChI=1S/C12H15F2NO/c1-8(15)11(16)10-6-4-3-5-9(10)7-12(2,13)14/h3-6,8H,7,15H2,1-2H3. The van der Waals surface area contributed by atoms with Crippen LogP contribution in [0.25, 0.3) is 0 Å². The molecule has 0 saturated carbocycles. The molecule has 0 saturated heterocycles. The van der Waals surface area contributed by atoms with Gasteiger partial charge in [-0.15, -0.1) is 0 Å². The highest BCUT2D eigenvalue weighted by Gasteiger charge is 2.25. The zero-order valence-electron chi connectivity index (χ0n) is 9.34. The van der Waals surface area contributed by atoms with Crippen molar-refractivity contribution in [1.82, 2.24) is 0 Å². The fourth-order valence-electron chi connectivity index (χ4n) is 1.49. The summed E-state index contributed by atoms with van der Waals surface area (Å²) < 4.78 is 25.8. The summed E-state index contributed by atoms with van der Waals surface area (Å²) in [7, 11) is 0. The Morgan fingerprint density at radius 3 is 2.50 bits per heavy atom. The van der Waals surface area contributed by atoms with Crippen LogP contribution in [0.1, 0.15) is 29.8 Å². The van der Waals surface area contributed by atoms with E-state index in [1.165, 1.54) is 12.1 Å². The van der Waals surface area contributed by atoms with Gasteiger partial charge in [0.15, 0.2) is 5.78 Å². The number of alkyl halides is 2. The van der Waals surface area contributed by atoms with E-state index in [9.17, 15) is 13.6 Å². The molecule has 4 heteroatoms. The van der Waals surface area contributed by atoms with Gasteiger partial charge in [0, 0.05) is 12.0 Å². The highest BCUT2D eigenvalue weighted by atomic mass is 19.3. The van der Waals surface area contributed by atoms with Gasteiger partial charge in [0.25, 0.3) is 0 Å². The SMILES string of the molecule is CC(N)C(=O)c1ccccc1CC(C)(F)F. The Labute approximate surface area is 93.5 Å².